The summed E-state index contributed by atoms with van der Waals surface area (Å²) in [6.07, 6.45) is 6.89. The van der Waals surface area contributed by atoms with Crippen molar-refractivity contribution in [1.82, 2.24) is 0 Å². The summed E-state index contributed by atoms with van der Waals surface area (Å²) in [4.78, 5) is 2.53. The Hall–Kier alpha value is -1.18. The number of nitrogens with zero attached hydrogens (tertiary/aromatic N) is 1. The van der Waals surface area contributed by atoms with Gasteiger partial charge in [-0.1, -0.05) is 19.3 Å². The summed E-state index contributed by atoms with van der Waals surface area (Å²) < 4.78 is 0. The van der Waals surface area contributed by atoms with Crippen molar-refractivity contribution in [2.45, 2.75) is 32.1 Å². The van der Waals surface area contributed by atoms with E-state index in [0.717, 1.165) is 0 Å². The van der Waals surface area contributed by atoms with Gasteiger partial charge in [0.1, 0.15) is 0 Å². The first-order valence-corrected chi connectivity index (χ1v) is 6.43. The second-order valence-electron chi connectivity index (χ2n) is 4.55. The van der Waals surface area contributed by atoms with Gasteiger partial charge in [0.15, 0.2) is 0 Å². The largest absolute Gasteiger partial charge is 0.388 e. The van der Waals surface area contributed by atoms with Crippen LogP contribution in [-0.2, 0) is 0 Å². The fourth-order valence-electron chi connectivity index (χ4n) is 2.34. The molecule has 1 aliphatic rings. The molecule has 0 aromatic heterocycles. The van der Waals surface area contributed by atoms with Crippen LogP contribution in [0.15, 0.2) is 24.3 Å². The van der Waals surface area contributed by atoms with Gasteiger partial charge in [0.2, 0.25) is 0 Å². The highest BCUT2D eigenvalue weighted by Crippen LogP contribution is 2.21. The van der Waals surface area contributed by atoms with Crippen molar-refractivity contribution in [1.29, 1.82) is 0 Å². The van der Waals surface area contributed by atoms with Crippen LogP contribution < -0.4 is 10.2 Å². The van der Waals surface area contributed by atoms with Crippen LogP contribution >= 0.6 is 0 Å². The van der Waals surface area contributed by atoms with Crippen LogP contribution in [0.3, 0.4) is 0 Å². The zero-order valence-corrected chi connectivity index (χ0v) is 10.2. The Labute approximate surface area is 98.7 Å². The van der Waals surface area contributed by atoms with Gasteiger partial charge in [-0.3, -0.25) is 0 Å². The van der Waals surface area contributed by atoms with E-state index in [2.05, 4.69) is 34.5 Å². The molecule has 0 aliphatic carbocycles. The lowest BCUT2D eigenvalue weighted by Gasteiger charge is -2.27. The van der Waals surface area contributed by atoms with E-state index in [0.29, 0.717) is 0 Å². The zero-order chi connectivity index (χ0) is 11.2. The molecule has 0 spiro atoms. The first-order chi connectivity index (χ1) is 7.90. The van der Waals surface area contributed by atoms with Gasteiger partial charge < -0.3 is 10.2 Å². The average Bonchev–Trinajstić information content (AvgIpc) is 2.29. The monoisotopic (exact) mass is 218 g/mol. The van der Waals surface area contributed by atoms with Gasteiger partial charge in [0.25, 0.3) is 0 Å². The predicted molar refractivity (Wildman–Crippen MR) is 71.3 cm³/mol. The van der Waals surface area contributed by atoms with Crippen LogP contribution in [0.25, 0.3) is 0 Å². The van der Waals surface area contributed by atoms with Gasteiger partial charge in [-0.05, 0) is 37.1 Å². The van der Waals surface area contributed by atoms with Crippen LogP contribution in [0, 0.1) is 0 Å². The summed E-state index contributed by atoms with van der Waals surface area (Å²) in [7, 11) is 1.96. The number of hydrogen-bond donors (Lipinski definition) is 1. The summed E-state index contributed by atoms with van der Waals surface area (Å²) in [5, 5.41) is 3.16. The number of nitrogens with one attached hydrogen (secondary N) is 1. The molecule has 1 aromatic carbocycles. The van der Waals surface area contributed by atoms with E-state index in [4.69, 9.17) is 0 Å². The number of anilines is 2. The lowest BCUT2D eigenvalue weighted by molar-refractivity contribution is 0.556. The highest BCUT2D eigenvalue weighted by Gasteiger charge is 2.08. The Balaban J connectivity index is 2.02. The molecule has 0 bridgehead atoms. The molecule has 1 fully saturated rings. The molecular weight excluding hydrogens is 196 g/mol. The number of hydrogen-bond acceptors (Lipinski definition) is 2. The van der Waals surface area contributed by atoms with E-state index in [1.165, 1.54) is 56.6 Å². The molecule has 0 amide bonds. The minimum absolute atomic E-state index is 1.19. The van der Waals surface area contributed by atoms with E-state index in [1.807, 2.05) is 7.05 Å². The molecule has 16 heavy (non-hydrogen) atoms. The molecule has 2 nitrogen and oxygen atoms in total. The molecule has 1 heterocycles. The van der Waals surface area contributed by atoms with E-state index in [1.54, 1.807) is 0 Å². The smallest absolute Gasteiger partial charge is 0.0367 e. The molecule has 1 N–H and O–H groups in total. The molecular formula is C14H22N2. The Kier molecular flexibility index (Phi) is 4.09. The van der Waals surface area contributed by atoms with Crippen LogP contribution in [0.1, 0.15) is 32.1 Å². The molecule has 2 heteroatoms. The molecule has 1 aromatic rings. The Bertz CT molecular complexity index is 297. The van der Waals surface area contributed by atoms with Gasteiger partial charge in [0, 0.05) is 31.5 Å². The molecule has 0 saturated carbocycles. The average molecular weight is 218 g/mol. The first kappa shape index (κ1) is 11.3. The van der Waals surface area contributed by atoms with Crippen molar-refractivity contribution in [3.05, 3.63) is 24.3 Å². The van der Waals surface area contributed by atoms with E-state index >= 15 is 0 Å². The van der Waals surface area contributed by atoms with Gasteiger partial charge >= 0.3 is 0 Å². The summed E-state index contributed by atoms with van der Waals surface area (Å²) in [5.74, 6) is 0. The maximum absolute atomic E-state index is 3.16. The van der Waals surface area contributed by atoms with Gasteiger partial charge in [-0.25, -0.2) is 0 Å². The number of benzene rings is 1. The molecule has 88 valence electrons. The minimum Gasteiger partial charge on any atom is -0.388 e. The van der Waals surface area contributed by atoms with Crippen LogP contribution in [0.4, 0.5) is 11.4 Å². The predicted octanol–water partition coefficient (Wildman–Crippen LogP) is 3.50. The van der Waals surface area contributed by atoms with E-state index in [9.17, 15) is 0 Å². The second kappa shape index (κ2) is 5.78. The van der Waals surface area contributed by atoms with Gasteiger partial charge in [-0.15, -0.1) is 0 Å². The van der Waals surface area contributed by atoms with Crippen molar-refractivity contribution in [3.63, 3.8) is 0 Å². The van der Waals surface area contributed by atoms with Crippen molar-refractivity contribution in [2.24, 2.45) is 0 Å². The Morgan fingerprint density at radius 2 is 1.44 bits per heavy atom. The van der Waals surface area contributed by atoms with Crippen molar-refractivity contribution < 1.29 is 0 Å². The minimum atomic E-state index is 1.19. The Morgan fingerprint density at radius 3 is 2.00 bits per heavy atom. The normalized spacial score (nSPS) is 17.7. The fourth-order valence-corrected chi connectivity index (χ4v) is 2.34. The number of rotatable bonds is 2. The zero-order valence-electron chi connectivity index (χ0n) is 10.2. The van der Waals surface area contributed by atoms with E-state index < -0.39 is 0 Å². The van der Waals surface area contributed by atoms with Crippen LogP contribution in [0.5, 0.6) is 0 Å². The first-order valence-electron chi connectivity index (χ1n) is 6.43. The quantitative estimate of drug-likeness (QED) is 0.817. The van der Waals surface area contributed by atoms with Crippen molar-refractivity contribution in [2.75, 3.05) is 30.4 Å². The molecule has 0 radical (unpaired) electrons. The fraction of sp³-hybridized carbons (Fsp3) is 0.571. The van der Waals surface area contributed by atoms with Crippen LogP contribution in [-0.4, -0.2) is 20.1 Å². The SMILES string of the molecule is CNc1ccc(N2CCCCCCC2)cc1. The topological polar surface area (TPSA) is 15.3 Å². The third kappa shape index (κ3) is 2.91. The Morgan fingerprint density at radius 1 is 0.875 bits per heavy atom. The van der Waals surface area contributed by atoms with Gasteiger partial charge in [0.05, 0.1) is 0 Å². The van der Waals surface area contributed by atoms with Crippen molar-refractivity contribution in [3.8, 4) is 0 Å². The lowest BCUT2D eigenvalue weighted by Crippen LogP contribution is -2.26. The molecule has 2 rings (SSSR count). The standard InChI is InChI=1S/C14H22N2/c1-15-13-7-9-14(10-8-13)16-11-5-3-2-4-6-12-16/h7-10,15H,2-6,11-12H2,1H3. The summed E-state index contributed by atoms with van der Waals surface area (Å²) in [6, 6.07) is 8.78. The van der Waals surface area contributed by atoms with Crippen molar-refractivity contribution >= 4 is 11.4 Å². The summed E-state index contributed by atoms with van der Waals surface area (Å²) in [6.45, 7) is 2.44. The third-order valence-electron chi connectivity index (χ3n) is 3.38. The maximum Gasteiger partial charge on any atom is 0.0367 e. The third-order valence-corrected chi connectivity index (χ3v) is 3.38. The van der Waals surface area contributed by atoms with Gasteiger partial charge in [-0.2, -0.15) is 0 Å². The highest BCUT2D eigenvalue weighted by molar-refractivity contribution is 5.54. The lowest BCUT2D eigenvalue weighted by atomic mass is 10.1. The summed E-state index contributed by atoms with van der Waals surface area (Å²) >= 11 is 0. The molecule has 0 atom stereocenters. The molecule has 1 saturated heterocycles. The highest BCUT2D eigenvalue weighted by atomic mass is 15.1. The van der Waals surface area contributed by atoms with Crippen LogP contribution in [0.2, 0.25) is 0 Å². The maximum atomic E-state index is 3.16. The second-order valence-corrected chi connectivity index (χ2v) is 4.55. The molecule has 1 aliphatic heterocycles. The molecule has 0 unspecified atom stereocenters. The summed E-state index contributed by atoms with van der Waals surface area (Å²) in [5.41, 5.74) is 2.57. The van der Waals surface area contributed by atoms with E-state index in [-0.39, 0.29) is 0 Å².